The Morgan fingerprint density at radius 1 is 0.319 bits per heavy atom. The van der Waals surface area contributed by atoms with E-state index in [1.807, 2.05) is 0 Å². The van der Waals surface area contributed by atoms with Crippen molar-refractivity contribution in [2.24, 2.45) is 0 Å². The molecule has 2 nitrogen and oxygen atoms in total. The van der Waals surface area contributed by atoms with E-state index >= 15 is 0 Å². The van der Waals surface area contributed by atoms with Crippen molar-refractivity contribution in [3.8, 4) is 5.69 Å². The highest BCUT2D eigenvalue weighted by atomic mass is 28.3. The first kappa shape index (κ1) is 26.3. The summed E-state index contributed by atoms with van der Waals surface area (Å²) in [6, 6.07) is 65.0. The Morgan fingerprint density at radius 2 is 0.851 bits per heavy atom. The van der Waals surface area contributed by atoms with E-state index in [2.05, 4.69) is 185 Å². The quantitative estimate of drug-likeness (QED) is 0.106. The molecule has 10 rings (SSSR count). The molecular weight excluding hydrogens is 585 g/mol. The molecule has 219 valence electrons. The molecule has 0 amide bonds. The fourth-order valence-corrected chi connectivity index (χ4v) is 10.4. The minimum atomic E-state index is -1.22. The van der Waals surface area contributed by atoms with Crippen LogP contribution in [0.15, 0.2) is 176 Å². The molecule has 0 aliphatic carbocycles. The zero-order valence-electron chi connectivity index (χ0n) is 25.6. The van der Waals surface area contributed by atoms with Crippen molar-refractivity contribution in [3.63, 3.8) is 0 Å². The van der Waals surface area contributed by atoms with Gasteiger partial charge in [-0.3, -0.25) is 0 Å². The molecule has 10 aromatic rings. The molecular formula is C44H29N2Si. The third kappa shape index (κ3) is 3.90. The SMILES string of the molecule is c1ccc([Si](c2ccccc2)c2cccc(-n3c4ccccc4c4ccc5c(cc6c7ccccc7c7ccccc7n65)c43)c2)cc1. The van der Waals surface area contributed by atoms with E-state index in [1.165, 1.54) is 81.1 Å². The lowest BCUT2D eigenvalue weighted by atomic mass is 10.1. The number of rotatable bonds is 4. The van der Waals surface area contributed by atoms with Crippen molar-refractivity contribution >= 4 is 84.3 Å². The van der Waals surface area contributed by atoms with Gasteiger partial charge in [-0.1, -0.05) is 150 Å². The standard InChI is InChI=1S/C44H29N2Si/c1-3-15-31(16-4-1)47(32-17-5-2-6-18-32)33-19-13-14-30(28-33)45-40-24-11-10-23-37(40)38-26-27-42-39(44(38)45)29-43-36-22-8-7-20-34(36)35-21-9-12-25-41(35)46(42)43/h1-29H. The molecule has 0 bridgehead atoms. The van der Waals surface area contributed by atoms with Crippen LogP contribution in [0.2, 0.25) is 0 Å². The number of pyridine rings is 1. The first-order valence-electron chi connectivity index (χ1n) is 16.2. The molecule has 3 heteroatoms. The molecule has 47 heavy (non-hydrogen) atoms. The molecule has 0 fully saturated rings. The molecule has 7 aromatic carbocycles. The lowest BCUT2D eigenvalue weighted by molar-refractivity contribution is 1.19. The Labute approximate surface area is 274 Å². The maximum absolute atomic E-state index is 2.51. The third-order valence-corrected chi connectivity index (χ3v) is 12.5. The summed E-state index contributed by atoms with van der Waals surface area (Å²) in [4.78, 5) is 0. The summed E-state index contributed by atoms with van der Waals surface area (Å²) in [5.74, 6) is 0. The Hall–Kier alpha value is -5.90. The van der Waals surface area contributed by atoms with E-state index in [1.54, 1.807) is 0 Å². The topological polar surface area (TPSA) is 9.34 Å². The van der Waals surface area contributed by atoms with Gasteiger partial charge in [0.15, 0.2) is 8.80 Å². The second kappa shape index (κ2) is 10.3. The van der Waals surface area contributed by atoms with Crippen molar-refractivity contribution in [2.45, 2.75) is 0 Å². The van der Waals surface area contributed by atoms with Crippen molar-refractivity contribution in [3.05, 3.63) is 176 Å². The number of nitrogens with zero attached hydrogens (tertiary/aromatic N) is 2. The summed E-state index contributed by atoms with van der Waals surface area (Å²) in [6.45, 7) is 0. The molecule has 0 saturated carbocycles. The molecule has 3 heterocycles. The van der Waals surface area contributed by atoms with Gasteiger partial charge in [-0.05, 0) is 47.0 Å². The Bertz CT molecular complexity index is 2750. The second-order valence-electron chi connectivity index (χ2n) is 12.3. The van der Waals surface area contributed by atoms with Crippen LogP contribution < -0.4 is 15.6 Å². The van der Waals surface area contributed by atoms with Crippen molar-refractivity contribution in [1.29, 1.82) is 0 Å². The van der Waals surface area contributed by atoms with Crippen LogP contribution in [0.4, 0.5) is 0 Å². The smallest absolute Gasteiger partial charge is 0.154 e. The van der Waals surface area contributed by atoms with E-state index in [0.29, 0.717) is 0 Å². The average Bonchev–Trinajstić information content (AvgIpc) is 3.70. The van der Waals surface area contributed by atoms with Gasteiger partial charge in [-0.2, -0.15) is 0 Å². The van der Waals surface area contributed by atoms with E-state index < -0.39 is 8.80 Å². The van der Waals surface area contributed by atoms with E-state index in [4.69, 9.17) is 0 Å². The molecule has 1 radical (unpaired) electrons. The first-order chi connectivity index (χ1) is 23.3. The van der Waals surface area contributed by atoms with Crippen LogP contribution in [-0.2, 0) is 0 Å². The lowest BCUT2D eigenvalue weighted by Gasteiger charge is -2.18. The summed E-state index contributed by atoms with van der Waals surface area (Å²) in [7, 11) is -1.22. The summed E-state index contributed by atoms with van der Waals surface area (Å²) < 4.78 is 4.98. The summed E-state index contributed by atoms with van der Waals surface area (Å²) in [5, 5.41) is 11.8. The zero-order chi connectivity index (χ0) is 30.9. The summed E-state index contributed by atoms with van der Waals surface area (Å²) >= 11 is 0. The number of hydrogen-bond acceptors (Lipinski definition) is 0. The van der Waals surface area contributed by atoms with E-state index in [9.17, 15) is 0 Å². The van der Waals surface area contributed by atoms with Crippen LogP contribution >= 0.6 is 0 Å². The molecule has 0 aliphatic heterocycles. The minimum Gasteiger partial charge on any atom is -0.309 e. The number of benzene rings is 7. The molecule has 0 spiro atoms. The fraction of sp³-hybridized carbons (Fsp3) is 0. The van der Waals surface area contributed by atoms with Crippen molar-refractivity contribution in [2.75, 3.05) is 0 Å². The van der Waals surface area contributed by atoms with Crippen LogP contribution in [-0.4, -0.2) is 17.8 Å². The first-order valence-corrected chi connectivity index (χ1v) is 17.7. The van der Waals surface area contributed by atoms with Gasteiger partial charge in [-0.15, -0.1) is 0 Å². The van der Waals surface area contributed by atoms with Gasteiger partial charge < -0.3 is 8.97 Å². The molecule has 0 N–H and O–H groups in total. The van der Waals surface area contributed by atoms with Gasteiger partial charge in [0.05, 0.1) is 27.6 Å². The number of hydrogen-bond donors (Lipinski definition) is 0. The van der Waals surface area contributed by atoms with Crippen LogP contribution in [0.1, 0.15) is 0 Å². The normalized spacial score (nSPS) is 12.0. The molecule has 0 aliphatic rings. The number of fused-ring (bicyclic) bond motifs is 12. The Kier molecular flexibility index (Phi) is 5.78. The third-order valence-electron chi connectivity index (χ3n) is 9.77. The number of para-hydroxylation sites is 2. The van der Waals surface area contributed by atoms with Crippen LogP contribution in [0.25, 0.3) is 65.6 Å². The highest BCUT2D eigenvalue weighted by molar-refractivity contribution is 6.95. The predicted molar refractivity (Wildman–Crippen MR) is 202 cm³/mol. The minimum absolute atomic E-state index is 1.19. The highest BCUT2D eigenvalue weighted by Gasteiger charge is 2.22. The Balaban J connectivity index is 1.31. The van der Waals surface area contributed by atoms with Gasteiger partial charge in [-0.25, -0.2) is 0 Å². The Morgan fingerprint density at radius 3 is 1.55 bits per heavy atom. The van der Waals surface area contributed by atoms with Gasteiger partial charge >= 0.3 is 0 Å². The van der Waals surface area contributed by atoms with Crippen LogP contribution in [0.3, 0.4) is 0 Å². The molecule has 0 unspecified atom stereocenters. The van der Waals surface area contributed by atoms with Gasteiger partial charge in [0.2, 0.25) is 0 Å². The van der Waals surface area contributed by atoms with Crippen LogP contribution in [0, 0.1) is 0 Å². The maximum atomic E-state index is 2.51. The van der Waals surface area contributed by atoms with Gasteiger partial charge in [0.25, 0.3) is 0 Å². The van der Waals surface area contributed by atoms with Gasteiger partial charge in [0, 0.05) is 32.6 Å². The summed E-state index contributed by atoms with van der Waals surface area (Å²) in [6.07, 6.45) is 0. The van der Waals surface area contributed by atoms with Crippen LogP contribution in [0.5, 0.6) is 0 Å². The maximum Gasteiger partial charge on any atom is 0.154 e. The predicted octanol–water partition coefficient (Wildman–Crippen LogP) is 9.01. The second-order valence-corrected chi connectivity index (χ2v) is 14.8. The van der Waals surface area contributed by atoms with Crippen molar-refractivity contribution in [1.82, 2.24) is 8.97 Å². The van der Waals surface area contributed by atoms with Crippen molar-refractivity contribution < 1.29 is 0 Å². The average molecular weight is 614 g/mol. The largest absolute Gasteiger partial charge is 0.309 e. The lowest BCUT2D eigenvalue weighted by Crippen LogP contribution is -2.51. The monoisotopic (exact) mass is 613 g/mol. The fourth-order valence-electron chi connectivity index (χ4n) is 7.81. The van der Waals surface area contributed by atoms with E-state index in [-0.39, 0.29) is 0 Å². The highest BCUT2D eigenvalue weighted by Crippen LogP contribution is 2.40. The van der Waals surface area contributed by atoms with Gasteiger partial charge in [0.1, 0.15) is 0 Å². The number of aromatic nitrogens is 2. The van der Waals surface area contributed by atoms with E-state index in [0.717, 1.165) is 0 Å². The molecule has 0 saturated heterocycles. The summed E-state index contributed by atoms with van der Waals surface area (Å²) in [5.41, 5.74) is 7.38. The molecule has 3 aromatic heterocycles. The zero-order valence-corrected chi connectivity index (χ0v) is 26.6. The molecule has 0 atom stereocenters.